The van der Waals surface area contributed by atoms with Crippen molar-refractivity contribution in [2.75, 3.05) is 0 Å². The van der Waals surface area contributed by atoms with Gasteiger partial charge in [0, 0.05) is 18.1 Å². The Balaban J connectivity index is 1.85. The molecule has 1 aromatic heterocycles. The Labute approximate surface area is 133 Å². The second-order valence-electron chi connectivity index (χ2n) is 6.53. The SMILES string of the molecule is CC(=O)O[C@H]1c2occ(C)c2[C@H]2C=C(CC[C@@H]3O[C@]31C)C(=O)O2. The van der Waals surface area contributed by atoms with E-state index < -0.39 is 23.8 Å². The van der Waals surface area contributed by atoms with Crippen LogP contribution in [0.5, 0.6) is 0 Å². The molecule has 23 heavy (non-hydrogen) atoms. The van der Waals surface area contributed by atoms with E-state index in [1.165, 1.54) is 6.92 Å². The highest BCUT2D eigenvalue weighted by molar-refractivity contribution is 5.91. The molecule has 0 unspecified atom stereocenters. The maximum Gasteiger partial charge on any atom is 0.334 e. The van der Waals surface area contributed by atoms with Crippen LogP contribution < -0.4 is 0 Å². The van der Waals surface area contributed by atoms with Gasteiger partial charge in [0.1, 0.15) is 5.60 Å². The molecule has 1 aliphatic carbocycles. The second-order valence-corrected chi connectivity index (χ2v) is 6.53. The molecular formula is C17H18O6. The molecule has 0 spiro atoms. The number of carbonyl (C=O) groups is 2. The second kappa shape index (κ2) is 4.71. The van der Waals surface area contributed by atoms with Crippen molar-refractivity contribution >= 4 is 11.9 Å². The van der Waals surface area contributed by atoms with Crippen LogP contribution in [-0.4, -0.2) is 23.6 Å². The Morgan fingerprint density at radius 2 is 2.22 bits per heavy atom. The van der Waals surface area contributed by atoms with Crippen LogP contribution in [0.1, 0.15) is 55.8 Å². The Bertz CT molecular complexity index is 729. The quantitative estimate of drug-likeness (QED) is 0.585. The summed E-state index contributed by atoms with van der Waals surface area (Å²) in [5.41, 5.74) is 1.64. The van der Waals surface area contributed by atoms with Crippen molar-refractivity contribution in [2.24, 2.45) is 0 Å². The minimum Gasteiger partial charge on any atom is -0.465 e. The van der Waals surface area contributed by atoms with Crippen LogP contribution in [0.2, 0.25) is 0 Å². The van der Waals surface area contributed by atoms with E-state index in [2.05, 4.69) is 0 Å². The van der Waals surface area contributed by atoms with E-state index in [0.29, 0.717) is 24.2 Å². The Kier molecular flexibility index (Phi) is 2.97. The summed E-state index contributed by atoms with van der Waals surface area (Å²) in [6.45, 7) is 5.16. The number of hydrogen-bond donors (Lipinski definition) is 0. The summed E-state index contributed by atoms with van der Waals surface area (Å²) in [5, 5.41) is 0. The van der Waals surface area contributed by atoms with Gasteiger partial charge in [0.05, 0.1) is 12.4 Å². The van der Waals surface area contributed by atoms with E-state index in [9.17, 15) is 9.59 Å². The molecule has 0 amide bonds. The van der Waals surface area contributed by atoms with E-state index >= 15 is 0 Å². The third-order valence-corrected chi connectivity index (χ3v) is 4.88. The van der Waals surface area contributed by atoms with Crippen molar-refractivity contribution in [1.29, 1.82) is 0 Å². The number of furan rings is 1. The summed E-state index contributed by atoms with van der Waals surface area (Å²) >= 11 is 0. The first-order chi connectivity index (χ1) is 10.9. The van der Waals surface area contributed by atoms with Gasteiger partial charge in [0.25, 0.3) is 0 Å². The van der Waals surface area contributed by atoms with Gasteiger partial charge in [-0.2, -0.15) is 0 Å². The van der Waals surface area contributed by atoms with Crippen LogP contribution in [0.25, 0.3) is 0 Å². The Hall–Kier alpha value is -2.08. The largest absolute Gasteiger partial charge is 0.465 e. The lowest BCUT2D eigenvalue weighted by atomic mass is 9.89. The highest BCUT2D eigenvalue weighted by atomic mass is 16.7. The third kappa shape index (κ3) is 2.12. The molecule has 4 atom stereocenters. The lowest BCUT2D eigenvalue weighted by Gasteiger charge is -2.22. The van der Waals surface area contributed by atoms with Gasteiger partial charge in [-0.1, -0.05) is 0 Å². The topological polar surface area (TPSA) is 78.3 Å². The zero-order chi connectivity index (χ0) is 16.4. The molecule has 0 N–H and O–H groups in total. The molecule has 1 fully saturated rings. The van der Waals surface area contributed by atoms with Crippen LogP contribution in [0.15, 0.2) is 22.3 Å². The number of ether oxygens (including phenoxy) is 3. The molecule has 4 rings (SSSR count). The number of epoxide rings is 1. The van der Waals surface area contributed by atoms with Crippen molar-refractivity contribution in [2.45, 2.75) is 57.5 Å². The van der Waals surface area contributed by atoms with Gasteiger partial charge in [0.2, 0.25) is 0 Å². The Morgan fingerprint density at radius 3 is 2.96 bits per heavy atom. The zero-order valence-corrected chi connectivity index (χ0v) is 13.3. The molecule has 3 aliphatic rings. The summed E-state index contributed by atoms with van der Waals surface area (Å²) in [7, 11) is 0. The van der Waals surface area contributed by atoms with Crippen LogP contribution >= 0.6 is 0 Å². The third-order valence-electron chi connectivity index (χ3n) is 4.88. The normalized spacial score (nSPS) is 34.8. The average Bonchev–Trinajstić information content (AvgIpc) is 2.80. The number of rotatable bonds is 1. The maximum absolute atomic E-state index is 12.0. The van der Waals surface area contributed by atoms with Gasteiger partial charge in [-0.15, -0.1) is 0 Å². The number of aryl methyl sites for hydroxylation is 1. The van der Waals surface area contributed by atoms with Crippen molar-refractivity contribution in [1.82, 2.24) is 0 Å². The molecule has 1 aromatic rings. The molecule has 2 aliphatic heterocycles. The highest BCUT2D eigenvalue weighted by Gasteiger charge is 2.61. The lowest BCUT2D eigenvalue weighted by Crippen LogP contribution is -2.27. The van der Waals surface area contributed by atoms with E-state index in [1.807, 2.05) is 19.9 Å². The first-order valence-corrected chi connectivity index (χ1v) is 7.74. The molecule has 0 aromatic carbocycles. The first-order valence-electron chi connectivity index (χ1n) is 7.74. The minimum atomic E-state index is -0.650. The van der Waals surface area contributed by atoms with Crippen molar-refractivity contribution in [3.8, 4) is 0 Å². The molecule has 122 valence electrons. The van der Waals surface area contributed by atoms with Crippen molar-refractivity contribution in [3.05, 3.63) is 34.8 Å². The van der Waals surface area contributed by atoms with Crippen LogP contribution in [-0.2, 0) is 23.8 Å². The van der Waals surface area contributed by atoms with Crippen molar-refractivity contribution in [3.63, 3.8) is 0 Å². The molecule has 3 heterocycles. The molecule has 1 saturated heterocycles. The predicted molar refractivity (Wildman–Crippen MR) is 77.4 cm³/mol. The van der Waals surface area contributed by atoms with E-state index in [1.54, 1.807) is 6.26 Å². The summed E-state index contributed by atoms with van der Waals surface area (Å²) in [5.74, 6) is -0.197. The molecular weight excluding hydrogens is 300 g/mol. The fourth-order valence-electron chi connectivity index (χ4n) is 3.58. The van der Waals surface area contributed by atoms with Crippen LogP contribution in [0, 0.1) is 6.92 Å². The molecule has 2 bridgehead atoms. The van der Waals surface area contributed by atoms with Gasteiger partial charge in [-0.05, 0) is 38.3 Å². The fraction of sp³-hybridized carbons (Fsp3) is 0.529. The molecule has 6 heteroatoms. The van der Waals surface area contributed by atoms with Gasteiger partial charge < -0.3 is 18.6 Å². The summed E-state index contributed by atoms with van der Waals surface area (Å²) in [6.07, 6.45) is 3.46. The van der Waals surface area contributed by atoms with Gasteiger partial charge in [-0.3, -0.25) is 4.79 Å². The van der Waals surface area contributed by atoms with Gasteiger partial charge >= 0.3 is 11.9 Å². The van der Waals surface area contributed by atoms with E-state index in [4.69, 9.17) is 18.6 Å². The van der Waals surface area contributed by atoms with E-state index in [-0.39, 0.29) is 12.1 Å². The van der Waals surface area contributed by atoms with E-state index in [0.717, 1.165) is 11.1 Å². The monoisotopic (exact) mass is 318 g/mol. The van der Waals surface area contributed by atoms with Crippen LogP contribution in [0.4, 0.5) is 0 Å². The number of hydrogen-bond acceptors (Lipinski definition) is 6. The van der Waals surface area contributed by atoms with Crippen molar-refractivity contribution < 1.29 is 28.2 Å². The zero-order valence-electron chi connectivity index (χ0n) is 13.3. The predicted octanol–water partition coefficient (Wildman–Crippen LogP) is 2.67. The van der Waals surface area contributed by atoms with Crippen LogP contribution in [0.3, 0.4) is 0 Å². The minimum absolute atomic E-state index is 0.0871. The summed E-state index contributed by atoms with van der Waals surface area (Å²) in [6, 6.07) is 0. The Morgan fingerprint density at radius 1 is 1.43 bits per heavy atom. The fourth-order valence-corrected chi connectivity index (χ4v) is 3.58. The first kappa shape index (κ1) is 14.5. The average molecular weight is 318 g/mol. The smallest absolute Gasteiger partial charge is 0.334 e. The number of esters is 2. The molecule has 0 radical (unpaired) electrons. The standard InChI is InChI=1S/C17H18O6/c1-8-7-20-14-13(8)11-6-10(16(19)22-11)4-5-12-17(3,23-12)15(14)21-9(2)18/h6-7,11-12,15H,4-5H2,1-3H3/t11-,12+,15+,17-/m1/s1. The highest BCUT2D eigenvalue weighted by Crippen LogP contribution is 2.53. The summed E-state index contributed by atoms with van der Waals surface area (Å²) < 4.78 is 22.6. The maximum atomic E-state index is 12.0. The molecule has 6 nitrogen and oxygen atoms in total. The van der Waals surface area contributed by atoms with Gasteiger partial charge in [-0.25, -0.2) is 4.79 Å². The van der Waals surface area contributed by atoms with Gasteiger partial charge in [0.15, 0.2) is 18.0 Å². The lowest BCUT2D eigenvalue weighted by molar-refractivity contribution is -0.151. The molecule has 0 saturated carbocycles. The summed E-state index contributed by atoms with van der Waals surface area (Å²) in [4.78, 5) is 23.6. The number of fused-ring (bicyclic) bond motifs is 4. The number of carbonyl (C=O) groups excluding carboxylic acids is 2.